The molecule has 1 heterocycles. The molecule has 3 rings (SSSR count). The van der Waals surface area contributed by atoms with Crippen LogP contribution in [0.5, 0.6) is 0 Å². The third kappa shape index (κ3) is 3.10. The van der Waals surface area contributed by atoms with Gasteiger partial charge < -0.3 is 5.32 Å². The Morgan fingerprint density at radius 2 is 2.33 bits per heavy atom. The van der Waals surface area contributed by atoms with Gasteiger partial charge in [0.15, 0.2) is 0 Å². The van der Waals surface area contributed by atoms with Crippen LogP contribution in [0.1, 0.15) is 44.7 Å². The van der Waals surface area contributed by atoms with Gasteiger partial charge >= 0.3 is 0 Å². The molecule has 21 heavy (non-hydrogen) atoms. The van der Waals surface area contributed by atoms with E-state index in [1.54, 1.807) is 10.9 Å². The summed E-state index contributed by atoms with van der Waals surface area (Å²) in [5.74, 6) is 2.58. The summed E-state index contributed by atoms with van der Waals surface area (Å²) in [5.41, 5.74) is 0.922. The van der Waals surface area contributed by atoms with Crippen molar-refractivity contribution in [1.82, 2.24) is 15.1 Å². The monoisotopic (exact) mass is 309 g/mol. The van der Waals surface area contributed by atoms with Crippen molar-refractivity contribution in [2.45, 2.75) is 58.5 Å². The molecule has 4 nitrogen and oxygen atoms in total. The van der Waals surface area contributed by atoms with Gasteiger partial charge in [-0.2, -0.15) is 5.10 Å². The molecule has 1 N–H and O–H groups in total. The molecular formula is C16H24ClN3O. The first kappa shape index (κ1) is 14.9. The molecule has 1 aromatic rings. The fourth-order valence-corrected chi connectivity index (χ4v) is 4.34. The Balaban J connectivity index is 1.47. The molecule has 0 radical (unpaired) electrons. The number of nitrogens with zero attached hydrogens (tertiary/aromatic N) is 2. The van der Waals surface area contributed by atoms with Crippen molar-refractivity contribution in [2.75, 3.05) is 0 Å². The van der Waals surface area contributed by atoms with Crippen molar-refractivity contribution in [2.24, 2.45) is 17.8 Å². The van der Waals surface area contributed by atoms with Gasteiger partial charge in [-0.15, -0.1) is 0 Å². The lowest BCUT2D eigenvalue weighted by molar-refractivity contribution is -0.122. The minimum Gasteiger partial charge on any atom is -0.353 e. The Bertz CT molecular complexity index is 528. The number of hydrogen-bond donors (Lipinski definition) is 1. The molecule has 0 spiro atoms. The highest BCUT2D eigenvalue weighted by atomic mass is 35.5. The standard InChI is InChI=1S/C16H24ClN3O/c1-10(14-8-12-3-4-13(14)7-12)19-16(21)5-6-20-11(2)15(17)9-18-20/h9-10,12-14H,3-8H2,1-2H3,(H,19,21). The quantitative estimate of drug-likeness (QED) is 0.908. The normalized spacial score (nSPS) is 28.8. The number of aryl methyl sites for hydroxylation is 1. The van der Waals surface area contributed by atoms with Crippen molar-refractivity contribution in [3.8, 4) is 0 Å². The Kier molecular flexibility index (Phi) is 4.25. The maximum atomic E-state index is 12.1. The number of halogens is 1. The third-order valence-corrected chi connectivity index (χ3v) is 5.79. The molecule has 116 valence electrons. The van der Waals surface area contributed by atoms with Crippen LogP contribution >= 0.6 is 11.6 Å². The molecule has 0 aliphatic heterocycles. The molecule has 1 amide bonds. The summed E-state index contributed by atoms with van der Waals surface area (Å²) < 4.78 is 1.80. The minimum absolute atomic E-state index is 0.122. The van der Waals surface area contributed by atoms with Crippen molar-refractivity contribution in [3.05, 3.63) is 16.9 Å². The molecule has 2 fully saturated rings. The number of carbonyl (C=O) groups is 1. The van der Waals surface area contributed by atoms with E-state index in [0.717, 1.165) is 17.5 Å². The van der Waals surface area contributed by atoms with Crippen LogP contribution in [0.15, 0.2) is 6.20 Å². The number of aromatic nitrogens is 2. The van der Waals surface area contributed by atoms with Gasteiger partial charge in [-0.1, -0.05) is 18.0 Å². The summed E-state index contributed by atoms with van der Waals surface area (Å²) >= 11 is 5.97. The molecule has 2 aliphatic rings. The highest BCUT2D eigenvalue weighted by Crippen LogP contribution is 2.49. The molecule has 1 aromatic heterocycles. The van der Waals surface area contributed by atoms with E-state index < -0.39 is 0 Å². The molecular weight excluding hydrogens is 286 g/mol. The Labute approximate surface area is 131 Å². The molecule has 2 saturated carbocycles. The molecule has 4 atom stereocenters. The van der Waals surface area contributed by atoms with Crippen LogP contribution in [0.2, 0.25) is 5.02 Å². The first-order valence-electron chi connectivity index (χ1n) is 8.02. The third-order valence-electron chi connectivity index (χ3n) is 5.42. The number of rotatable bonds is 5. The van der Waals surface area contributed by atoms with Crippen molar-refractivity contribution in [1.29, 1.82) is 0 Å². The number of amides is 1. The fraction of sp³-hybridized carbons (Fsp3) is 0.750. The Morgan fingerprint density at radius 1 is 1.52 bits per heavy atom. The Morgan fingerprint density at radius 3 is 2.90 bits per heavy atom. The van der Waals surface area contributed by atoms with E-state index in [4.69, 9.17) is 11.6 Å². The summed E-state index contributed by atoms with van der Waals surface area (Å²) in [5, 5.41) is 8.03. The zero-order valence-electron chi connectivity index (χ0n) is 12.8. The summed E-state index contributed by atoms with van der Waals surface area (Å²) in [7, 11) is 0. The summed E-state index contributed by atoms with van der Waals surface area (Å²) in [6.45, 7) is 4.68. The van der Waals surface area contributed by atoms with Crippen LogP contribution in [-0.4, -0.2) is 21.7 Å². The van der Waals surface area contributed by atoms with Crippen LogP contribution in [0.3, 0.4) is 0 Å². The van der Waals surface area contributed by atoms with E-state index in [0.29, 0.717) is 29.9 Å². The molecule has 2 aliphatic carbocycles. The molecule has 0 saturated heterocycles. The van der Waals surface area contributed by atoms with Gasteiger partial charge in [-0.05, 0) is 50.9 Å². The van der Waals surface area contributed by atoms with Crippen LogP contribution in [0, 0.1) is 24.7 Å². The van der Waals surface area contributed by atoms with Gasteiger partial charge in [-0.25, -0.2) is 0 Å². The zero-order chi connectivity index (χ0) is 15.0. The van der Waals surface area contributed by atoms with E-state index in [1.807, 2.05) is 6.92 Å². The van der Waals surface area contributed by atoms with E-state index in [2.05, 4.69) is 17.3 Å². The predicted octanol–water partition coefficient (Wildman–Crippen LogP) is 3.18. The molecule has 4 unspecified atom stereocenters. The number of carbonyl (C=O) groups excluding carboxylic acids is 1. The maximum Gasteiger partial charge on any atom is 0.222 e. The van der Waals surface area contributed by atoms with Gasteiger partial charge in [0.1, 0.15) is 0 Å². The fourth-order valence-electron chi connectivity index (χ4n) is 4.20. The SMILES string of the molecule is Cc1c(Cl)cnn1CCC(=O)NC(C)C1CC2CCC1C2. The second kappa shape index (κ2) is 5.99. The van der Waals surface area contributed by atoms with E-state index in [-0.39, 0.29) is 5.91 Å². The minimum atomic E-state index is 0.122. The largest absolute Gasteiger partial charge is 0.353 e. The van der Waals surface area contributed by atoms with E-state index in [9.17, 15) is 4.79 Å². The zero-order valence-corrected chi connectivity index (χ0v) is 13.6. The predicted molar refractivity (Wildman–Crippen MR) is 83.1 cm³/mol. The smallest absolute Gasteiger partial charge is 0.222 e. The highest BCUT2D eigenvalue weighted by molar-refractivity contribution is 6.31. The van der Waals surface area contributed by atoms with Gasteiger partial charge in [0.2, 0.25) is 5.91 Å². The first-order valence-corrected chi connectivity index (χ1v) is 8.39. The number of hydrogen-bond acceptors (Lipinski definition) is 2. The van der Waals surface area contributed by atoms with Crippen LogP contribution in [-0.2, 0) is 11.3 Å². The topological polar surface area (TPSA) is 46.9 Å². The summed E-state index contributed by atoms with van der Waals surface area (Å²) in [6, 6.07) is 0.301. The van der Waals surface area contributed by atoms with E-state index >= 15 is 0 Å². The summed E-state index contributed by atoms with van der Waals surface area (Å²) in [6.07, 6.45) is 7.55. The molecule has 2 bridgehead atoms. The van der Waals surface area contributed by atoms with Crippen molar-refractivity contribution >= 4 is 17.5 Å². The first-order chi connectivity index (χ1) is 10.0. The van der Waals surface area contributed by atoms with Crippen LogP contribution < -0.4 is 5.32 Å². The van der Waals surface area contributed by atoms with E-state index in [1.165, 1.54) is 25.7 Å². The lowest BCUT2D eigenvalue weighted by Crippen LogP contribution is -2.40. The lowest BCUT2D eigenvalue weighted by atomic mass is 9.84. The van der Waals surface area contributed by atoms with Crippen LogP contribution in [0.25, 0.3) is 0 Å². The van der Waals surface area contributed by atoms with Gasteiger partial charge in [0.05, 0.1) is 23.5 Å². The second-order valence-electron chi connectivity index (χ2n) is 6.75. The number of nitrogens with one attached hydrogen (secondary N) is 1. The lowest BCUT2D eigenvalue weighted by Gasteiger charge is -2.28. The van der Waals surface area contributed by atoms with Crippen molar-refractivity contribution in [3.63, 3.8) is 0 Å². The average Bonchev–Trinajstić information content (AvgIpc) is 3.15. The van der Waals surface area contributed by atoms with Crippen LogP contribution in [0.4, 0.5) is 0 Å². The Hall–Kier alpha value is -1.03. The average molecular weight is 310 g/mol. The maximum absolute atomic E-state index is 12.1. The van der Waals surface area contributed by atoms with Gasteiger partial charge in [0.25, 0.3) is 0 Å². The summed E-state index contributed by atoms with van der Waals surface area (Å²) in [4.78, 5) is 12.1. The molecule has 5 heteroatoms. The highest BCUT2D eigenvalue weighted by Gasteiger charge is 2.42. The number of fused-ring (bicyclic) bond motifs is 2. The second-order valence-corrected chi connectivity index (χ2v) is 7.15. The molecule has 0 aromatic carbocycles. The van der Waals surface area contributed by atoms with Crippen molar-refractivity contribution < 1.29 is 4.79 Å². The van der Waals surface area contributed by atoms with Gasteiger partial charge in [0, 0.05) is 12.5 Å². The van der Waals surface area contributed by atoms with Gasteiger partial charge in [-0.3, -0.25) is 9.48 Å².